The van der Waals surface area contributed by atoms with Gasteiger partial charge in [-0.1, -0.05) is 13.8 Å². The third-order valence-electron chi connectivity index (χ3n) is 6.21. The SMILES string of the molecule is C[C@]1(CO)C[C@@H]2[C@H](O)C(=O)[C@]3(CO)C[C@@]3(C)[C@H]2C1. The van der Waals surface area contributed by atoms with Gasteiger partial charge in [-0.3, -0.25) is 4.79 Å². The van der Waals surface area contributed by atoms with E-state index >= 15 is 0 Å². The molecule has 0 aliphatic heterocycles. The molecule has 3 saturated carbocycles. The van der Waals surface area contributed by atoms with E-state index in [0.29, 0.717) is 12.8 Å². The van der Waals surface area contributed by atoms with Crippen molar-refractivity contribution in [1.29, 1.82) is 0 Å². The van der Waals surface area contributed by atoms with Gasteiger partial charge in [0.1, 0.15) is 6.10 Å². The third kappa shape index (κ3) is 1.19. The van der Waals surface area contributed by atoms with Crippen molar-refractivity contribution in [3.63, 3.8) is 0 Å². The molecule has 0 unspecified atom stereocenters. The van der Waals surface area contributed by atoms with Gasteiger partial charge in [0.15, 0.2) is 5.78 Å². The van der Waals surface area contributed by atoms with Crippen molar-refractivity contribution in [2.45, 2.75) is 39.2 Å². The van der Waals surface area contributed by atoms with Gasteiger partial charge < -0.3 is 15.3 Å². The second kappa shape index (κ2) is 3.35. The fourth-order valence-electron chi connectivity index (χ4n) is 4.86. The van der Waals surface area contributed by atoms with Crippen LogP contribution in [0.4, 0.5) is 0 Å². The zero-order valence-corrected chi connectivity index (χ0v) is 11.0. The van der Waals surface area contributed by atoms with E-state index in [1.165, 1.54) is 0 Å². The molecule has 3 fully saturated rings. The van der Waals surface area contributed by atoms with Crippen molar-refractivity contribution in [2.75, 3.05) is 13.2 Å². The molecule has 0 saturated heterocycles. The van der Waals surface area contributed by atoms with Gasteiger partial charge in [-0.2, -0.15) is 0 Å². The number of aliphatic hydroxyl groups excluding tert-OH is 3. The minimum atomic E-state index is -0.953. The fraction of sp³-hybridized carbons (Fsp3) is 0.929. The van der Waals surface area contributed by atoms with E-state index < -0.39 is 11.5 Å². The van der Waals surface area contributed by atoms with E-state index in [1.54, 1.807) is 0 Å². The van der Waals surface area contributed by atoms with E-state index in [1.807, 2.05) is 6.92 Å². The number of hydrogen-bond donors (Lipinski definition) is 3. The second-order valence-corrected chi connectivity index (χ2v) is 7.29. The lowest BCUT2D eigenvalue weighted by atomic mass is 9.67. The zero-order valence-electron chi connectivity index (χ0n) is 11.0. The summed E-state index contributed by atoms with van der Waals surface area (Å²) in [5.74, 6) is 0.0345. The highest BCUT2D eigenvalue weighted by Crippen LogP contribution is 2.76. The van der Waals surface area contributed by atoms with Crippen molar-refractivity contribution >= 4 is 5.78 Å². The lowest BCUT2D eigenvalue weighted by molar-refractivity contribution is -0.146. The van der Waals surface area contributed by atoms with Gasteiger partial charge in [0.2, 0.25) is 0 Å². The number of carbonyl (C=O) groups excluding carboxylic acids is 1. The molecular weight excluding hydrogens is 232 g/mol. The minimum Gasteiger partial charge on any atom is -0.396 e. The van der Waals surface area contributed by atoms with E-state index in [9.17, 15) is 20.1 Å². The summed E-state index contributed by atoms with van der Waals surface area (Å²) < 4.78 is 0. The van der Waals surface area contributed by atoms with Gasteiger partial charge in [-0.05, 0) is 41.9 Å². The maximum Gasteiger partial charge on any atom is 0.170 e. The Bertz CT molecular complexity index is 409. The Morgan fingerprint density at radius 3 is 2.44 bits per heavy atom. The number of carbonyl (C=O) groups is 1. The van der Waals surface area contributed by atoms with Crippen molar-refractivity contribution in [3.8, 4) is 0 Å². The molecule has 0 aromatic rings. The molecule has 3 aliphatic carbocycles. The molecule has 4 heteroatoms. The van der Waals surface area contributed by atoms with Crippen LogP contribution in [0.15, 0.2) is 0 Å². The normalized spacial score (nSPS) is 58.3. The average Bonchev–Trinajstić information content (AvgIpc) is 2.83. The number of aliphatic hydroxyl groups is 3. The van der Waals surface area contributed by atoms with Crippen LogP contribution in [0.5, 0.6) is 0 Å². The third-order valence-corrected chi connectivity index (χ3v) is 6.21. The molecule has 6 atom stereocenters. The quantitative estimate of drug-likeness (QED) is 0.664. The minimum absolute atomic E-state index is 0.0400. The molecule has 0 aromatic heterocycles. The smallest absolute Gasteiger partial charge is 0.170 e. The zero-order chi connectivity index (χ0) is 13.3. The summed E-state index contributed by atoms with van der Waals surface area (Å²) >= 11 is 0. The van der Waals surface area contributed by atoms with E-state index in [0.717, 1.165) is 6.42 Å². The van der Waals surface area contributed by atoms with Crippen molar-refractivity contribution < 1.29 is 20.1 Å². The molecule has 18 heavy (non-hydrogen) atoms. The van der Waals surface area contributed by atoms with Gasteiger partial charge in [0.05, 0.1) is 12.0 Å². The number of rotatable bonds is 2. The van der Waals surface area contributed by atoms with Crippen LogP contribution in [-0.2, 0) is 4.79 Å². The van der Waals surface area contributed by atoms with Crippen LogP contribution in [-0.4, -0.2) is 40.4 Å². The Hall–Kier alpha value is -0.450. The standard InChI is InChI=1S/C14H22O4/c1-12(6-15)3-8-9(4-12)13(2)5-14(13,7-16)11(18)10(8)17/h8-10,15-17H,3-7H2,1-2H3/t8-,9-,10-,12-,13-,14+/m0/s1. The summed E-state index contributed by atoms with van der Waals surface area (Å²) in [5, 5.41) is 29.3. The van der Waals surface area contributed by atoms with Crippen LogP contribution in [0.25, 0.3) is 0 Å². The topological polar surface area (TPSA) is 77.8 Å². The van der Waals surface area contributed by atoms with Crippen LogP contribution in [0, 0.1) is 28.1 Å². The molecule has 0 heterocycles. The lowest BCUT2D eigenvalue weighted by Crippen LogP contribution is -2.48. The largest absolute Gasteiger partial charge is 0.396 e. The highest BCUT2D eigenvalue weighted by Gasteiger charge is 2.78. The lowest BCUT2D eigenvalue weighted by Gasteiger charge is -2.38. The number of hydrogen-bond acceptors (Lipinski definition) is 4. The molecular formula is C14H22O4. The molecule has 3 aliphatic rings. The first-order chi connectivity index (χ1) is 8.33. The summed E-state index contributed by atoms with van der Waals surface area (Å²) in [6.45, 7) is 4.03. The Morgan fingerprint density at radius 1 is 1.22 bits per heavy atom. The van der Waals surface area contributed by atoms with Gasteiger partial charge in [-0.15, -0.1) is 0 Å². The van der Waals surface area contributed by atoms with Gasteiger partial charge in [0.25, 0.3) is 0 Å². The van der Waals surface area contributed by atoms with Crippen LogP contribution in [0.2, 0.25) is 0 Å². The monoisotopic (exact) mass is 254 g/mol. The van der Waals surface area contributed by atoms with Crippen molar-refractivity contribution in [3.05, 3.63) is 0 Å². The van der Waals surface area contributed by atoms with Crippen LogP contribution in [0.1, 0.15) is 33.1 Å². The van der Waals surface area contributed by atoms with Gasteiger partial charge in [-0.25, -0.2) is 0 Å². The first-order valence-corrected chi connectivity index (χ1v) is 6.78. The van der Waals surface area contributed by atoms with E-state index in [4.69, 9.17) is 0 Å². The van der Waals surface area contributed by atoms with Gasteiger partial charge >= 0.3 is 0 Å². The Labute approximate surface area is 107 Å². The summed E-state index contributed by atoms with van der Waals surface area (Å²) in [7, 11) is 0. The highest BCUT2D eigenvalue weighted by molar-refractivity contribution is 5.94. The maximum absolute atomic E-state index is 12.3. The Kier molecular flexibility index (Phi) is 2.34. The Balaban J connectivity index is 1.98. The van der Waals surface area contributed by atoms with E-state index in [2.05, 4.69) is 6.92 Å². The van der Waals surface area contributed by atoms with Crippen molar-refractivity contribution in [1.82, 2.24) is 0 Å². The number of fused-ring (bicyclic) bond motifs is 3. The van der Waals surface area contributed by atoms with Crippen LogP contribution >= 0.6 is 0 Å². The number of ketones is 1. The number of Topliss-reactive ketones (excluding diaryl/α,β-unsaturated/α-hetero) is 1. The first kappa shape index (κ1) is 12.6. The summed E-state index contributed by atoms with van der Waals surface area (Å²) in [6.07, 6.45) is 1.29. The summed E-state index contributed by atoms with van der Waals surface area (Å²) in [4.78, 5) is 12.3. The maximum atomic E-state index is 12.3. The molecule has 102 valence electrons. The molecule has 0 radical (unpaired) electrons. The molecule has 3 rings (SSSR count). The Morgan fingerprint density at radius 2 is 1.89 bits per heavy atom. The molecule has 0 amide bonds. The summed E-state index contributed by atoms with van der Waals surface area (Å²) in [5.41, 5.74) is -1.06. The highest BCUT2D eigenvalue weighted by atomic mass is 16.3. The van der Waals surface area contributed by atoms with Crippen LogP contribution in [0.3, 0.4) is 0 Å². The van der Waals surface area contributed by atoms with Crippen LogP contribution < -0.4 is 0 Å². The second-order valence-electron chi connectivity index (χ2n) is 7.29. The molecule has 0 bridgehead atoms. The predicted octanol–water partition coefficient (Wildman–Crippen LogP) is 0.343. The fourth-order valence-corrected chi connectivity index (χ4v) is 4.86. The molecule has 0 spiro atoms. The average molecular weight is 254 g/mol. The first-order valence-electron chi connectivity index (χ1n) is 6.78. The van der Waals surface area contributed by atoms with E-state index in [-0.39, 0.29) is 41.7 Å². The van der Waals surface area contributed by atoms with Crippen molar-refractivity contribution in [2.24, 2.45) is 28.1 Å². The summed E-state index contributed by atoms with van der Waals surface area (Å²) in [6, 6.07) is 0. The molecule has 0 aromatic carbocycles. The predicted molar refractivity (Wildman–Crippen MR) is 64.7 cm³/mol. The molecule has 3 N–H and O–H groups in total. The van der Waals surface area contributed by atoms with Gasteiger partial charge in [0, 0.05) is 6.61 Å². The molecule has 4 nitrogen and oxygen atoms in total.